The van der Waals surface area contributed by atoms with Gasteiger partial charge < -0.3 is 9.84 Å². The second-order valence-corrected chi connectivity index (χ2v) is 7.94. The van der Waals surface area contributed by atoms with Crippen molar-refractivity contribution in [3.8, 4) is 17.2 Å². The van der Waals surface area contributed by atoms with Crippen molar-refractivity contribution in [1.29, 1.82) is 0 Å². The second-order valence-electron chi connectivity index (χ2n) is 5.15. The zero-order valence-corrected chi connectivity index (χ0v) is 15.0. The fourth-order valence-corrected chi connectivity index (χ4v) is 3.82. The van der Waals surface area contributed by atoms with E-state index in [0.717, 1.165) is 0 Å². The fraction of sp³-hybridized carbons (Fsp3) is 0. The van der Waals surface area contributed by atoms with E-state index in [1.165, 1.54) is 54.6 Å². The lowest BCUT2D eigenvalue weighted by Gasteiger charge is -2.10. The Hall–Kier alpha value is -2.21. The molecule has 0 aliphatic heterocycles. The molecule has 0 bridgehead atoms. The van der Waals surface area contributed by atoms with Gasteiger partial charge in [0, 0.05) is 5.02 Å². The van der Waals surface area contributed by atoms with Crippen molar-refractivity contribution in [1.82, 2.24) is 0 Å². The number of hydrogen-bond donors (Lipinski definition) is 1. The van der Waals surface area contributed by atoms with Crippen molar-refractivity contribution in [3.63, 3.8) is 0 Å². The van der Waals surface area contributed by atoms with E-state index in [1.807, 2.05) is 0 Å². The summed E-state index contributed by atoms with van der Waals surface area (Å²) in [6.45, 7) is 0. The van der Waals surface area contributed by atoms with Crippen molar-refractivity contribution in [2.75, 3.05) is 0 Å². The molecule has 0 spiro atoms. The number of phenols is 1. The third-order valence-corrected chi connectivity index (χ3v) is 5.72. The smallest absolute Gasteiger partial charge is 0.206 e. The molecule has 25 heavy (non-hydrogen) atoms. The van der Waals surface area contributed by atoms with E-state index in [1.54, 1.807) is 12.1 Å². The van der Waals surface area contributed by atoms with E-state index in [-0.39, 0.29) is 20.6 Å². The summed E-state index contributed by atoms with van der Waals surface area (Å²) in [4.78, 5) is 0.179. The third-order valence-electron chi connectivity index (χ3n) is 3.40. The molecule has 0 unspecified atom stereocenters. The average Bonchev–Trinajstić information content (AvgIpc) is 2.59. The van der Waals surface area contributed by atoms with Gasteiger partial charge in [0.05, 0.1) is 14.8 Å². The Balaban J connectivity index is 1.91. The van der Waals surface area contributed by atoms with Crippen LogP contribution in [0.5, 0.6) is 17.2 Å². The lowest BCUT2D eigenvalue weighted by atomic mass is 10.3. The summed E-state index contributed by atoms with van der Waals surface area (Å²) < 4.78 is 30.9. The Kier molecular flexibility index (Phi) is 4.90. The summed E-state index contributed by atoms with van der Waals surface area (Å²) in [5, 5.41) is 9.88. The van der Waals surface area contributed by atoms with Gasteiger partial charge in [-0.1, -0.05) is 23.2 Å². The van der Waals surface area contributed by atoms with E-state index >= 15 is 0 Å². The van der Waals surface area contributed by atoms with Gasteiger partial charge in [-0.3, -0.25) is 0 Å². The predicted molar refractivity (Wildman–Crippen MR) is 96.5 cm³/mol. The van der Waals surface area contributed by atoms with Gasteiger partial charge >= 0.3 is 0 Å². The van der Waals surface area contributed by atoms with Crippen LogP contribution in [0.2, 0.25) is 10.0 Å². The van der Waals surface area contributed by atoms with Crippen molar-refractivity contribution in [3.05, 3.63) is 76.8 Å². The minimum atomic E-state index is -3.71. The summed E-state index contributed by atoms with van der Waals surface area (Å²) in [7, 11) is -3.71. The van der Waals surface area contributed by atoms with Crippen LogP contribution in [-0.4, -0.2) is 13.5 Å². The molecule has 0 radical (unpaired) electrons. The molecule has 0 amide bonds. The van der Waals surface area contributed by atoms with Crippen LogP contribution in [0.3, 0.4) is 0 Å². The summed E-state index contributed by atoms with van der Waals surface area (Å²) in [6, 6.07) is 16.2. The van der Waals surface area contributed by atoms with Gasteiger partial charge in [-0.25, -0.2) is 8.42 Å². The first-order chi connectivity index (χ1) is 11.9. The van der Waals surface area contributed by atoms with Gasteiger partial charge in [-0.05, 0) is 66.7 Å². The Bertz CT molecular complexity index is 998. The van der Waals surface area contributed by atoms with Crippen molar-refractivity contribution >= 4 is 33.0 Å². The normalized spacial score (nSPS) is 11.3. The summed E-state index contributed by atoms with van der Waals surface area (Å²) in [5.74, 6) is 0.887. The zero-order valence-electron chi connectivity index (χ0n) is 12.7. The number of benzene rings is 3. The monoisotopic (exact) mass is 394 g/mol. The number of ether oxygens (including phenoxy) is 1. The van der Waals surface area contributed by atoms with Crippen molar-refractivity contribution in [2.45, 2.75) is 9.79 Å². The highest BCUT2D eigenvalue weighted by molar-refractivity contribution is 7.91. The SMILES string of the molecule is O=S(=O)(c1ccc(Cl)cc1)c1ccc(Oc2ccc(O)cc2)c(Cl)c1. The number of phenolic OH excluding ortho intramolecular Hbond substituents is 1. The maximum atomic E-state index is 12.6. The molecule has 0 saturated carbocycles. The van der Waals surface area contributed by atoms with Gasteiger partial charge in [0.2, 0.25) is 9.84 Å². The highest BCUT2D eigenvalue weighted by atomic mass is 35.5. The Labute approximate surface area is 155 Å². The maximum Gasteiger partial charge on any atom is 0.206 e. The lowest BCUT2D eigenvalue weighted by molar-refractivity contribution is 0.464. The average molecular weight is 395 g/mol. The van der Waals surface area contributed by atoms with Gasteiger partial charge in [0.1, 0.15) is 17.2 Å². The summed E-state index contributed by atoms with van der Waals surface area (Å²) >= 11 is 12.0. The molecule has 0 heterocycles. The molecular formula is C18H12Cl2O4S. The van der Waals surface area contributed by atoms with E-state index in [9.17, 15) is 13.5 Å². The number of hydrogen-bond acceptors (Lipinski definition) is 4. The highest BCUT2D eigenvalue weighted by Gasteiger charge is 2.19. The highest BCUT2D eigenvalue weighted by Crippen LogP contribution is 2.33. The van der Waals surface area contributed by atoms with Gasteiger partial charge in [-0.2, -0.15) is 0 Å². The van der Waals surface area contributed by atoms with Gasteiger partial charge in [0.25, 0.3) is 0 Å². The molecule has 4 nitrogen and oxygen atoms in total. The second kappa shape index (κ2) is 6.96. The van der Waals surface area contributed by atoms with Crippen LogP contribution < -0.4 is 4.74 Å². The Morgan fingerprint density at radius 3 is 2.00 bits per heavy atom. The van der Waals surface area contributed by atoms with Crippen LogP contribution in [0.1, 0.15) is 0 Å². The Morgan fingerprint density at radius 1 is 0.800 bits per heavy atom. The van der Waals surface area contributed by atoms with Crippen LogP contribution in [0.4, 0.5) is 0 Å². The Morgan fingerprint density at radius 2 is 1.40 bits per heavy atom. The predicted octanol–water partition coefficient (Wildman–Crippen LogP) is 5.32. The molecule has 0 atom stereocenters. The minimum absolute atomic E-state index is 0.0536. The molecule has 128 valence electrons. The lowest BCUT2D eigenvalue weighted by Crippen LogP contribution is -2.02. The van der Waals surface area contributed by atoms with Crippen LogP contribution in [0, 0.1) is 0 Å². The number of sulfone groups is 1. The van der Waals surface area contributed by atoms with Crippen molar-refractivity contribution in [2.24, 2.45) is 0 Å². The van der Waals surface area contributed by atoms with Crippen LogP contribution in [-0.2, 0) is 9.84 Å². The van der Waals surface area contributed by atoms with Crippen LogP contribution >= 0.6 is 23.2 Å². The van der Waals surface area contributed by atoms with Crippen molar-refractivity contribution < 1.29 is 18.3 Å². The first kappa shape index (κ1) is 17.6. The van der Waals surface area contributed by atoms with Gasteiger partial charge in [-0.15, -0.1) is 0 Å². The molecule has 0 aromatic heterocycles. The fourth-order valence-electron chi connectivity index (χ4n) is 2.12. The van der Waals surface area contributed by atoms with Crippen LogP contribution in [0.15, 0.2) is 76.5 Å². The minimum Gasteiger partial charge on any atom is -0.508 e. The summed E-state index contributed by atoms with van der Waals surface area (Å²) in [6.07, 6.45) is 0. The van der Waals surface area contributed by atoms with E-state index in [4.69, 9.17) is 27.9 Å². The topological polar surface area (TPSA) is 63.6 Å². The molecule has 0 aliphatic carbocycles. The first-order valence-electron chi connectivity index (χ1n) is 7.13. The number of aromatic hydroxyl groups is 1. The quantitative estimate of drug-likeness (QED) is 0.649. The maximum absolute atomic E-state index is 12.6. The first-order valence-corrected chi connectivity index (χ1v) is 9.37. The molecule has 0 fully saturated rings. The molecule has 7 heteroatoms. The number of rotatable bonds is 4. The molecule has 1 N–H and O–H groups in total. The van der Waals surface area contributed by atoms with Gasteiger partial charge in [0.15, 0.2) is 0 Å². The third kappa shape index (κ3) is 3.90. The molecule has 3 rings (SSSR count). The molecule has 3 aromatic rings. The standard InChI is InChI=1S/C18H12Cl2O4S/c19-12-1-7-15(8-2-12)25(22,23)16-9-10-18(17(20)11-16)24-14-5-3-13(21)4-6-14/h1-11,21H. The zero-order chi connectivity index (χ0) is 18.0. The summed E-state index contributed by atoms with van der Waals surface area (Å²) in [5.41, 5.74) is 0. The molecular weight excluding hydrogens is 383 g/mol. The van der Waals surface area contributed by atoms with E-state index < -0.39 is 9.84 Å². The molecule has 0 aliphatic rings. The largest absolute Gasteiger partial charge is 0.508 e. The number of halogens is 2. The molecule has 3 aromatic carbocycles. The van der Waals surface area contributed by atoms with E-state index in [0.29, 0.717) is 16.5 Å². The molecule has 0 saturated heterocycles. The van der Waals surface area contributed by atoms with Crippen LogP contribution in [0.25, 0.3) is 0 Å². The van der Waals surface area contributed by atoms with E-state index in [2.05, 4.69) is 0 Å².